The number of benzene rings is 2. The Morgan fingerprint density at radius 3 is 2.62 bits per heavy atom. The Balaban J connectivity index is 2.01. The van der Waals surface area contributed by atoms with Gasteiger partial charge in [-0.1, -0.05) is 17.7 Å². The van der Waals surface area contributed by atoms with Crippen LogP contribution in [0.4, 0.5) is 4.39 Å². The van der Waals surface area contributed by atoms with E-state index in [1.807, 2.05) is 18.2 Å². The standard InChI is InChI=1S/C16H15ClFNO2/c1-19-16(12-9-11(17)3-4-13(12)18)10-2-5-14-15(8-10)21-7-6-20-14/h2-5,8-9,16,19H,6-7H2,1H3. The van der Waals surface area contributed by atoms with Crippen LogP contribution in [0.1, 0.15) is 17.2 Å². The molecule has 2 aromatic carbocycles. The molecular formula is C16H15ClFNO2. The molecular weight excluding hydrogens is 293 g/mol. The largest absolute Gasteiger partial charge is 0.486 e. The van der Waals surface area contributed by atoms with Crippen LogP contribution in [0.15, 0.2) is 36.4 Å². The third-order valence-electron chi connectivity index (χ3n) is 3.46. The zero-order valence-electron chi connectivity index (χ0n) is 11.5. The van der Waals surface area contributed by atoms with Crippen LogP contribution >= 0.6 is 11.6 Å². The van der Waals surface area contributed by atoms with E-state index in [-0.39, 0.29) is 11.9 Å². The highest BCUT2D eigenvalue weighted by Gasteiger charge is 2.20. The van der Waals surface area contributed by atoms with Crippen LogP contribution in [-0.2, 0) is 0 Å². The third kappa shape index (κ3) is 2.82. The fraction of sp³-hybridized carbons (Fsp3) is 0.250. The topological polar surface area (TPSA) is 30.5 Å². The number of hydrogen-bond donors (Lipinski definition) is 1. The van der Waals surface area contributed by atoms with Gasteiger partial charge in [0.15, 0.2) is 11.5 Å². The fourth-order valence-corrected chi connectivity index (χ4v) is 2.66. The molecule has 0 fully saturated rings. The van der Waals surface area contributed by atoms with Crippen molar-refractivity contribution < 1.29 is 13.9 Å². The molecule has 1 aliphatic heterocycles. The highest BCUT2D eigenvalue weighted by atomic mass is 35.5. The Morgan fingerprint density at radius 1 is 1.10 bits per heavy atom. The molecule has 1 N–H and O–H groups in total. The van der Waals surface area contributed by atoms with Gasteiger partial charge in [0.25, 0.3) is 0 Å². The zero-order chi connectivity index (χ0) is 14.8. The summed E-state index contributed by atoms with van der Waals surface area (Å²) in [6, 6.07) is 9.85. The quantitative estimate of drug-likeness (QED) is 0.940. The molecule has 0 saturated heterocycles. The van der Waals surface area contributed by atoms with Crippen molar-refractivity contribution in [2.45, 2.75) is 6.04 Å². The lowest BCUT2D eigenvalue weighted by molar-refractivity contribution is 0.171. The van der Waals surface area contributed by atoms with Crippen molar-refractivity contribution in [1.29, 1.82) is 0 Å². The van der Waals surface area contributed by atoms with Crippen LogP contribution in [0.2, 0.25) is 5.02 Å². The van der Waals surface area contributed by atoms with Gasteiger partial charge < -0.3 is 14.8 Å². The minimum atomic E-state index is -0.306. The summed E-state index contributed by atoms with van der Waals surface area (Å²) in [5.41, 5.74) is 1.39. The van der Waals surface area contributed by atoms with E-state index in [1.54, 1.807) is 13.1 Å². The van der Waals surface area contributed by atoms with Crippen LogP contribution in [-0.4, -0.2) is 20.3 Å². The number of fused-ring (bicyclic) bond motifs is 1. The maximum Gasteiger partial charge on any atom is 0.161 e. The van der Waals surface area contributed by atoms with Gasteiger partial charge in [-0.15, -0.1) is 0 Å². The van der Waals surface area contributed by atoms with E-state index in [0.29, 0.717) is 35.3 Å². The van der Waals surface area contributed by atoms with Crippen molar-refractivity contribution >= 4 is 11.6 Å². The minimum absolute atomic E-state index is 0.298. The van der Waals surface area contributed by atoms with Crippen molar-refractivity contribution in [3.05, 3.63) is 58.4 Å². The molecule has 0 radical (unpaired) electrons. The molecule has 110 valence electrons. The predicted molar refractivity (Wildman–Crippen MR) is 79.7 cm³/mol. The van der Waals surface area contributed by atoms with Gasteiger partial charge in [-0.3, -0.25) is 0 Å². The van der Waals surface area contributed by atoms with Crippen LogP contribution in [0.5, 0.6) is 11.5 Å². The maximum atomic E-state index is 14.1. The van der Waals surface area contributed by atoms with Crippen molar-refractivity contribution in [3.8, 4) is 11.5 Å². The van der Waals surface area contributed by atoms with Gasteiger partial charge in [-0.05, 0) is 42.9 Å². The highest BCUT2D eigenvalue weighted by molar-refractivity contribution is 6.30. The van der Waals surface area contributed by atoms with Crippen LogP contribution < -0.4 is 14.8 Å². The number of halogens is 2. The molecule has 5 heteroatoms. The van der Waals surface area contributed by atoms with Gasteiger partial charge in [0.05, 0.1) is 6.04 Å². The molecule has 0 spiro atoms. The number of rotatable bonds is 3. The molecule has 0 amide bonds. The minimum Gasteiger partial charge on any atom is -0.486 e. The second kappa shape index (κ2) is 5.92. The number of ether oxygens (including phenoxy) is 2. The lowest BCUT2D eigenvalue weighted by Gasteiger charge is -2.22. The summed E-state index contributed by atoms with van der Waals surface area (Å²) in [5.74, 6) is 1.10. The molecule has 1 unspecified atom stereocenters. The van der Waals surface area contributed by atoms with Crippen LogP contribution in [0.3, 0.4) is 0 Å². The van der Waals surface area contributed by atoms with E-state index in [0.717, 1.165) is 5.56 Å². The SMILES string of the molecule is CNC(c1ccc2c(c1)OCCO2)c1cc(Cl)ccc1F. The van der Waals surface area contributed by atoms with Crippen LogP contribution in [0.25, 0.3) is 0 Å². The van der Waals surface area contributed by atoms with E-state index in [4.69, 9.17) is 21.1 Å². The first-order valence-corrected chi connectivity index (χ1v) is 7.08. The average molecular weight is 308 g/mol. The van der Waals surface area contributed by atoms with Crippen molar-refractivity contribution in [3.63, 3.8) is 0 Å². The Hall–Kier alpha value is -1.78. The molecule has 1 heterocycles. The van der Waals surface area contributed by atoms with Gasteiger partial charge in [0.2, 0.25) is 0 Å². The smallest absolute Gasteiger partial charge is 0.161 e. The molecule has 0 saturated carbocycles. The molecule has 0 aliphatic carbocycles. The summed E-state index contributed by atoms with van der Waals surface area (Å²) >= 11 is 5.98. The normalized spacial score (nSPS) is 14.8. The molecule has 3 nitrogen and oxygen atoms in total. The predicted octanol–water partition coefficient (Wildman–Crippen LogP) is 3.56. The first-order chi connectivity index (χ1) is 10.2. The summed E-state index contributed by atoms with van der Waals surface area (Å²) in [6.45, 7) is 1.07. The monoisotopic (exact) mass is 307 g/mol. The first kappa shape index (κ1) is 14.2. The van der Waals surface area contributed by atoms with E-state index < -0.39 is 0 Å². The van der Waals surface area contributed by atoms with Crippen LogP contribution in [0, 0.1) is 5.82 Å². The Kier molecular flexibility index (Phi) is 3.99. The highest BCUT2D eigenvalue weighted by Crippen LogP contribution is 2.35. The summed E-state index contributed by atoms with van der Waals surface area (Å²) < 4.78 is 25.2. The van der Waals surface area contributed by atoms with Gasteiger partial charge in [-0.2, -0.15) is 0 Å². The first-order valence-electron chi connectivity index (χ1n) is 6.71. The Bertz CT molecular complexity index is 663. The second-order valence-corrected chi connectivity index (χ2v) is 5.23. The van der Waals surface area contributed by atoms with Gasteiger partial charge in [0, 0.05) is 10.6 Å². The Morgan fingerprint density at radius 2 is 1.86 bits per heavy atom. The molecule has 1 aliphatic rings. The average Bonchev–Trinajstić information content (AvgIpc) is 2.51. The summed E-state index contributed by atoms with van der Waals surface area (Å²) in [4.78, 5) is 0. The van der Waals surface area contributed by atoms with Crippen molar-refractivity contribution in [1.82, 2.24) is 5.32 Å². The summed E-state index contributed by atoms with van der Waals surface area (Å²) in [7, 11) is 1.78. The fourth-order valence-electron chi connectivity index (χ4n) is 2.48. The van der Waals surface area contributed by atoms with Crippen molar-refractivity contribution in [2.24, 2.45) is 0 Å². The molecule has 2 aromatic rings. The van der Waals surface area contributed by atoms with E-state index in [2.05, 4.69) is 5.32 Å². The van der Waals surface area contributed by atoms with Crippen molar-refractivity contribution in [2.75, 3.05) is 20.3 Å². The lowest BCUT2D eigenvalue weighted by Crippen LogP contribution is -2.20. The molecule has 0 aromatic heterocycles. The number of nitrogens with one attached hydrogen (secondary N) is 1. The molecule has 3 rings (SSSR count). The molecule has 0 bridgehead atoms. The van der Waals surface area contributed by atoms with E-state index >= 15 is 0 Å². The Labute approximate surface area is 127 Å². The zero-order valence-corrected chi connectivity index (χ0v) is 12.3. The number of hydrogen-bond acceptors (Lipinski definition) is 3. The molecule has 21 heavy (non-hydrogen) atoms. The van der Waals surface area contributed by atoms with Gasteiger partial charge >= 0.3 is 0 Å². The maximum absolute atomic E-state index is 14.1. The van der Waals surface area contributed by atoms with Gasteiger partial charge in [0.1, 0.15) is 19.0 Å². The lowest BCUT2D eigenvalue weighted by atomic mass is 9.98. The summed E-state index contributed by atoms with van der Waals surface area (Å²) in [5, 5.41) is 3.62. The van der Waals surface area contributed by atoms with E-state index in [1.165, 1.54) is 12.1 Å². The van der Waals surface area contributed by atoms with Gasteiger partial charge in [-0.25, -0.2) is 4.39 Å². The summed E-state index contributed by atoms with van der Waals surface area (Å²) in [6.07, 6.45) is 0. The molecule has 1 atom stereocenters. The van der Waals surface area contributed by atoms with E-state index in [9.17, 15) is 4.39 Å². The second-order valence-electron chi connectivity index (χ2n) is 4.79. The third-order valence-corrected chi connectivity index (χ3v) is 3.69.